The quantitative estimate of drug-likeness (QED) is 0.672. The van der Waals surface area contributed by atoms with Crippen LogP contribution in [0.25, 0.3) is 0 Å². The molecule has 4 nitrogen and oxygen atoms in total. The summed E-state index contributed by atoms with van der Waals surface area (Å²) in [5.74, 6) is -0.0568. The van der Waals surface area contributed by atoms with Crippen LogP contribution in [0.2, 0.25) is 0 Å². The van der Waals surface area contributed by atoms with Crippen molar-refractivity contribution in [3.8, 4) is 0 Å². The molecule has 0 aromatic carbocycles. The molecule has 1 aromatic rings. The zero-order valence-corrected chi connectivity index (χ0v) is 8.03. The van der Waals surface area contributed by atoms with Gasteiger partial charge in [0.15, 0.2) is 6.39 Å². The minimum Gasteiger partial charge on any atom is -0.460 e. The van der Waals surface area contributed by atoms with Gasteiger partial charge < -0.3 is 9.15 Å². The molecule has 0 fully saturated rings. The van der Waals surface area contributed by atoms with Crippen LogP contribution in [0.4, 0.5) is 0 Å². The molecule has 0 atom stereocenters. The predicted molar refractivity (Wildman–Crippen MR) is 46.5 cm³/mol. The van der Waals surface area contributed by atoms with Crippen LogP contribution in [-0.2, 0) is 4.74 Å². The number of carbonyl (C=O) groups excluding carboxylic acids is 1. The number of hydrogen-bond donors (Lipinski definition) is 0. The molecule has 0 N–H and O–H groups in total. The number of oxazole rings is 1. The van der Waals surface area contributed by atoms with Crippen molar-refractivity contribution in [1.29, 1.82) is 0 Å². The van der Waals surface area contributed by atoms with Crippen molar-refractivity contribution in [2.24, 2.45) is 0 Å². The van der Waals surface area contributed by atoms with Gasteiger partial charge in [-0.25, -0.2) is 9.78 Å². The van der Waals surface area contributed by atoms with Crippen molar-refractivity contribution in [2.45, 2.75) is 26.7 Å². The van der Waals surface area contributed by atoms with Crippen LogP contribution in [0, 0.1) is 0 Å². The lowest BCUT2D eigenvalue weighted by Gasteiger charge is -2.02. The smallest absolute Gasteiger partial charge is 0.376 e. The van der Waals surface area contributed by atoms with E-state index in [4.69, 9.17) is 9.15 Å². The number of hydrogen-bond acceptors (Lipinski definition) is 4. The van der Waals surface area contributed by atoms with Gasteiger partial charge in [-0.1, -0.05) is 13.8 Å². The van der Waals surface area contributed by atoms with Gasteiger partial charge in [-0.15, -0.1) is 0 Å². The SMILES string of the molecule is CCOC(=O)c1ocnc1C(C)C. The molecule has 0 bridgehead atoms. The number of esters is 1. The standard InChI is InChI=1S/C9H13NO3/c1-4-12-9(11)8-7(6(2)3)10-5-13-8/h5-6H,4H2,1-3H3. The summed E-state index contributed by atoms with van der Waals surface area (Å²) >= 11 is 0. The molecule has 0 spiro atoms. The van der Waals surface area contributed by atoms with E-state index in [1.165, 1.54) is 6.39 Å². The summed E-state index contributed by atoms with van der Waals surface area (Å²) in [7, 11) is 0. The lowest BCUT2D eigenvalue weighted by molar-refractivity contribution is 0.0488. The number of rotatable bonds is 3. The molecular formula is C9H13NO3. The van der Waals surface area contributed by atoms with E-state index in [-0.39, 0.29) is 11.7 Å². The highest BCUT2D eigenvalue weighted by atomic mass is 16.5. The Morgan fingerprint density at radius 2 is 2.38 bits per heavy atom. The van der Waals surface area contributed by atoms with Crippen LogP contribution in [-0.4, -0.2) is 17.6 Å². The molecule has 0 saturated carbocycles. The van der Waals surface area contributed by atoms with Gasteiger partial charge >= 0.3 is 5.97 Å². The molecule has 0 saturated heterocycles. The van der Waals surface area contributed by atoms with E-state index in [9.17, 15) is 4.79 Å². The van der Waals surface area contributed by atoms with E-state index in [1.54, 1.807) is 6.92 Å². The topological polar surface area (TPSA) is 52.3 Å². The molecule has 1 aromatic heterocycles. The Balaban J connectivity index is 2.87. The van der Waals surface area contributed by atoms with Crippen LogP contribution < -0.4 is 0 Å². The maximum absolute atomic E-state index is 11.3. The fourth-order valence-corrected chi connectivity index (χ4v) is 1.02. The van der Waals surface area contributed by atoms with E-state index in [1.807, 2.05) is 13.8 Å². The second-order valence-electron chi connectivity index (χ2n) is 2.94. The molecule has 1 heterocycles. The Labute approximate surface area is 76.9 Å². The Morgan fingerprint density at radius 3 is 2.92 bits per heavy atom. The number of ether oxygens (including phenoxy) is 1. The van der Waals surface area contributed by atoms with Gasteiger partial charge in [0.05, 0.1) is 12.3 Å². The molecule has 72 valence electrons. The Bertz CT molecular complexity index is 291. The van der Waals surface area contributed by atoms with E-state index < -0.39 is 5.97 Å². The predicted octanol–water partition coefficient (Wildman–Crippen LogP) is 1.97. The molecule has 0 radical (unpaired) electrons. The van der Waals surface area contributed by atoms with E-state index in [0.717, 1.165) is 0 Å². The number of aromatic nitrogens is 1. The minimum absolute atomic E-state index is 0.165. The van der Waals surface area contributed by atoms with Gasteiger partial charge in [-0.2, -0.15) is 0 Å². The first-order chi connectivity index (χ1) is 6.16. The third-order valence-corrected chi connectivity index (χ3v) is 1.60. The minimum atomic E-state index is -0.441. The first-order valence-electron chi connectivity index (χ1n) is 4.27. The van der Waals surface area contributed by atoms with Crippen molar-refractivity contribution < 1.29 is 13.9 Å². The van der Waals surface area contributed by atoms with Crippen molar-refractivity contribution in [1.82, 2.24) is 4.98 Å². The molecule has 0 aliphatic carbocycles. The first kappa shape index (κ1) is 9.77. The Kier molecular flexibility index (Phi) is 3.06. The van der Waals surface area contributed by atoms with Crippen molar-refractivity contribution in [3.05, 3.63) is 17.8 Å². The summed E-state index contributed by atoms with van der Waals surface area (Å²) in [5.41, 5.74) is 0.651. The lowest BCUT2D eigenvalue weighted by atomic mass is 10.1. The summed E-state index contributed by atoms with van der Waals surface area (Å²) in [6.45, 7) is 5.99. The monoisotopic (exact) mass is 183 g/mol. The summed E-state index contributed by atoms with van der Waals surface area (Å²) in [6, 6.07) is 0. The molecule has 13 heavy (non-hydrogen) atoms. The third-order valence-electron chi connectivity index (χ3n) is 1.60. The van der Waals surface area contributed by atoms with Gasteiger partial charge in [0, 0.05) is 0 Å². The fourth-order valence-electron chi connectivity index (χ4n) is 1.02. The highest BCUT2D eigenvalue weighted by Gasteiger charge is 2.19. The first-order valence-corrected chi connectivity index (χ1v) is 4.27. The molecular weight excluding hydrogens is 170 g/mol. The maximum Gasteiger partial charge on any atom is 0.376 e. The van der Waals surface area contributed by atoms with Crippen LogP contribution in [0.15, 0.2) is 10.8 Å². The van der Waals surface area contributed by atoms with Crippen LogP contribution in [0.1, 0.15) is 42.9 Å². The van der Waals surface area contributed by atoms with Crippen LogP contribution in [0.5, 0.6) is 0 Å². The lowest BCUT2D eigenvalue weighted by Crippen LogP contribution is -2.07. The van der Waals surface area contributed by atoms with Crippen molar-refractivity contribution in [3.63, 3.8) is 0 Å². The largest absolute Gasteiger partial charge is 0.460 e. The second-order valence-corrected chi connectivity index (χ2v) is 2.94. The molecule has 0 aliphatic rings. The molecule has 0 aliphatic heterocycles. The molecule has 4 heteroatoms. The molecule has 0 amide bonds. The summed E-state index contributed by atoms with van der Waals surface area (Å²) in [4.78, 5) is 15.2. The van der Waals surface area contributed by atoms with Gasteiger partial charge in [-0.05, 0) is 12.8 Å². The number of carbonyl (C=O) groups is 1. The van der Waals surface area contributed by atoms with Crippen molar-refractivity contribution in [2.75, 3.05) is 6.61 Å². The maximum atomic E-state index is 11.3. The Hall–Kier alpha value is -1.32. The highest BCUT2D eigenvalue weighted by Crippen LogP contribution is 2.17. The van der Waals surface area contributed by atoms with Gasteiger partial charge in [0.1, 0.15) is 0 Å². The van der Waals surface area contributed by atoms with E-state index in [0.29, 0.717) is 12.3 Å². The van der Waals surface area contributed by atoms with Crippen LogP contribution >= 0.6 is 0 Å². The van der Waals surface area contributed by atoms with Crippen LogP contribution in [0.3, 0.4) is 0 Å². The summed E-state index contributed by atoms with van der Waals surface area (Å²) in [6.07, 6.45) is 1.27. The van der Waals surface area contributed by atoms with Gasteiger partial charge in [0.2, 0.25) is 5.76 Å². The normalized spacial score (nSPS) is 10.5. The number of nitrogens with zero attached hydrogens (tertiary/aromatic N) is 1. The molecule has 1 rings (SSSR count). The molecule has 0 unspecified atom stereocenters. The summed E-state index contributed by atoms with van der Waals surface area (Å²) in [5, 5.41) is 0. The zero-order chi connectivity index (χ0) is 9.84. The van der Waals surface area contributed by atoms with Gasteiger partial charge in [-0.3, -0.25) is 0 Å². The second kappa shape index (κ2) is 4.07. The fraction of sp³-hybridized carbons (Fsp3) is 0.556. The zero-order valence-electron chi connectivity index (χ0n) is 8.03. The highest BCUT2D eigenvalue weighted by molar-refractivity contribution is 5.87. The van der Waals surface area contributed by atoms with E-state index in [2.05, 4.69) is 4.98 Å². The van der Waals surface area contributed by atoms with Gasteiger partial charge in [0.25, 0.3) is 0 Å². The average molecular weight is 183 g/mol. The Morgan fingerprint density at radius 1 is 1.69 bits per heavy atom. The van der Waals surface area contributed by atoms with E-state index >= 15 is 0 Å². The summed E-state index contributed by atoms with van der Waals surface area (Å²) < 4.78 is 9.76. The third kappa shape index (κ3) is 2.08. The van der Waals surface area contributed by atoms with Crippen molar-refractivity contribution >= 4 is 5.97 Å². The average Bonchev–Trinajstić information content (AvgIpc) is 2.52.